The van der Waals surface area contributed by atoms with Crippen molar-refractivity contribution in [2.75, 3.05) is 6.54 Å². The molecule has 2 rings (SSSR count). The second-order valence-corrected chi connectivity index (χ2v) is 4.70. The molecular weight excluding hydrogens is 297 g/mol. The highest BCUT2D eigenvalue weighted by molar-refractivity contribution is 9.10. The van der Waals surface area contributed by atoms with Crippen LogP contribution in [0.3, 0.4) is 0 Å². The van der Waals surface area contributed by atoms with E-state index in [1.807, 2.05) is 18.2 Å². The topological polar surface area (TPSA) is 35.2 Å². The minimum atomic E-state index is -0.276. The van der Waals surface area contributed by atoms with E-state index in [4.69, 9.17) is 10.5 Å². The molecule has 0 amide bonds. The van der Waals surface area contributed by atoms with Crippen LogP contribution in [0.1, 0.15) is 5.56 Å². The predicted molar refractivity (Wildman–Crippen MR) is 73.4 cm³/mol. The van der Waals surface area contributed by atoms with Crippen molar-refractivity contribution in [2.24, 2.45) is 5.73 Å². The molecule has 0 aliphatic heterocycles. The van der Waals surface area contributed by atoms with E-state index in [9.17, 15) is 4.39 Å². The van der Waals surface area contributed by atoms with Crippen LogP contribution in [0.25, 0.3) is 0 Å². The maximum atomic E-state index is 12.8. The van der Waals surface area contributed by atoms with E-state index in [2.05, 4.69) is 15.9 Å². The number of hydrogen-bond acceptors (Lipinski definition) is 2. The van der Waals surface area contributed by atoms with Gasteiger partial charge in [-0.2, -0.15) is 0 Å². The normalized spacial score (nSPS) is 10.4. The lowest BCUT2D eigenvalue weighted by Crippen LogP contribution is -2.03. The summed E-state index contributed by atoms with van der Waals surface area (Å²) in [6.07, 6.45) is 0.817. The third-order valence-corrected chi connectivity index (χ3v) is 3.23. The Kier molecular flexibility index (Phi) is 4.33. The second kappa shape index (κ2) is 5.98. The summed E-state index contributed by atoms with van der Waals surface area (Å²) >= 11 is 3.48. The number of nitrogens with two attached hydrogens (primary N) is 1. The van der Waals surface area contributed by atoms with E-state index in [1.54, 1.807) is 12.1 Å². The van der Waals surface area contributed by atoms with Crippen molar-refractivity contribution in [3.8, 4) is 11.5 Å². The molecule has 18 heavy (non-hydrogen) atoms. The highest BCUT2D eigenvalue weighted by atomic mass is 79.9. The van der Waals surface area contributed by atoms with Crippen LogP contribution in [0, 0.1) is 5.82 Å². The fourth-order valence-electron chi connectivity index (χ4n) is 1.59. The Morgan fingerprint density at radius 1 is 1.06 bits per heavy atom. The van der Waals surface area contributed by atoms with Gasteiger partial charge in [0.2, 0.25) is 0 Å². The van der Waals surface area contributed by atoms with Gasteiger partial charge in [0.25, 0.3) is 0 Å². The largest absolute Gasteiger partial charge is 0.457 e. The average molecular weight is 310 g/mol. The molecule has 2 aromatic rings. The number of ether oxygens (including phenoxy) is 1. The third-order valence-electron chi connectivity index (χ3n) is 2.49. The highest BCUT2D eigenvalue weighted by Gasteiger charge is 2.03. The van der Waals surface area contributed by atoms with E-state index in [0.717, 1.165) is 16.5 Å². The van der Waals surface area contributed by atoms with E-state index in [-0.39, 0.29) is 5.82 Å². The van der Waals surface area contributed by atoms with Crippen LogP contribution in [-0.2, 0) is 6.42 Å². The van der Waals surface area contributed by atoms with Gasteiger partial charge in [-0.1, -0.05) is 22.0 Å². The Morgan fingerprint density at radius 2 is 1.72 bits per heavy atom. The molecule has 2 nitrogen and oxygen atoms in total. The predicted octanol–water partition coefficient (Wildman–Crippen LogP) is 3.88. The van der Waals surface area contributed by atoms with Gasteiger partial charge in [-0.05, 0) is 54.9 Å². The monoisotopic (exact) mass is 309 g/mol. The fraction of sp³-hybridized carbons (Fsp3) is 0.143. The van der Waals surface area contributed by atoms with Crippen LogP contribution in [0.5, 0.6) is 11.5 Å². The Labute approximate surface area is 114 Å². The van der Waals surface area contributed by atoms with Gasteiger partial charge in [0.15, 0.2) is 0 Å². The Bertz CT molecular complexity index is 528. The van der Waals surface area contributed by atoms with Crippen molar-refractivity contribution in [2.45, 2.75) is 6.42 Å². The zero-order valence-corrected chi connectivity index (χ0v) is 11.3. The first kappa shape index (κ1) is 13.1. The Balaban J connectivity index is 2.14. The molecule has 0 aliphatic carbocycles. The molecule has 0 fully saturated rings. The molecule has 0 aromatic heterocycles. The first-order valence-corrected chi connectivity index (χ1v) is 6.40. The first-order valence-electron chi connectivity index (χ1n) is 5.61. The van der Waals surface area contributed by atoms with Crippen molar-refractivity contribution >= 4 is 15.9 Å². The summed E-state index contributed by atoms with van der Waals surface area (Å²) in [5, 5.41) is 0. The van der Waals surface area contributed by atoms with Crippen molar-refractivity contribution < 1.29 is 9.13 Å². The summed E-state index contributed by atoms with van der Waals surface area (Å²) < 4.78 is 19.3. The Hall–Kier alpha value is -1.39. The van der Waals surface area contributed by atoms with Crippen molar-refractivity contribution in [1.29, 1.82) is 0 Å². The number of benzene rings is 2. The first-order chi connectivity index (χ1) is 8.69. The van der Waals surface area contributed by atoms with Gasteiger partial charge in [0.1, 0.15) is 17.3 Å². The lowest BCUT2D eigenvalue weighted by atomic mass is 10.1. The minimum absolute atomic E-state index is 0.276. The van der Waals surface area contributed by atoms with Crippen LogP contribution >= 0.6 is 15.9 Å². The van der Waals surface area contributed by atoms with Gasteiger partial charge in [-0.3, -0.25) is 0 Å². The lowest BCUT2D eigenvalue weighted by Gasteiger charge is -2.08. The summed E-state index contributed by atoms with van der Waals surface area (Å²) in [6.45, 7) is 0.608. The average Bonchev–Trinajstić information content (AvgIpc) is 2.36. The smallest absolute Gasteiger partial charge is 0.128 e. The molecule has 0 radical (unpaired) electrons. The zero-order chi connectivity index (χ0) is 13.0. The molecule has 2 N–H and O–H groups in total. The SMILES string of the molecule is NCCc1ccc(Oc2ccc(F)cc2)cc1Br. The van der Waals surface area contributed by atoms with Gasteiger partial charge in [-0.25, -0.2) is 4.39 Å². The standard InChI is InChI=1S/C14H13BrFNO/c15-14-9-13(4-1-10(14)7-8-17)18-12-5-2-11(16)3-6-12/h1-6,9H,7-8,17H2. The molecule has 0 saturated carbocycles. The summed E-state index contributed by atoms with van der Waals surface area (Å²) in [6, 6.07) is 11.7. The van der Waals surface area contributed by atoms with Gasteiger partial charge >= 0.3 is 0 Å². The molecule has 0 saturated heterocycles. The van der Waals surface area contributed by atoms with Gasteiger partial charge in [0.05, 0.1) is 0 Å². The second-order valence-electron chi connectivity index (χ2n) is 3.85. The summed E-state index contributed by atoms with van der Waals surface area (Å²) in [5.41, 5.74) is 6.66. The molecule has 0 bridgehead atoms. The van der Waals surface area contributed by atoms with Crippen LogP contribution in [-0.4, -0.2) is 6.54 Å². The summed E-state index contributed by atoms with van der Waals surface area (Å²) in [7, 11) is 0. The molecule has 0 heterocycles. The van der Waals surface area contributed by atoms with Crippen molar-refractivity contribution in [1.82, 2.24) is 0 Å². The number of rotatable bonds is 4. The molecule has 0 aliphatic rings. The molecular formula is C14H13BrFNO. The molecule has 94 valence electrons. The van der Waals surface area contributed by atoms with Crippen molar-refractivity contribution in [3.05, 3.63) is 58.3 Å². The summed E-state index contributed by atoms with van der Waals surface area (Å²) in [5.74, 6) is 1.03. The van der Waals surface area contributed by atoms with Crippen LogP contribution in [0.4, 0.5) is 4.39 Å². The molecule has 2 aromatic carbocycles. The van der Waals surface area contributed by atoms with E-state index < -0.39 is 0 Å². The fourth-order valence-corrected chi connectivity index (χ4v) is 2.14. The number of hydrogen-bond donors (Lipinski definition) is 1. The van der Waals surface area contributed by atoms with Crippen LogP contribution in [0.2, 0.25) is 0 Å². The minimum Gasteiger partial charge on any atom is -0.457 e. The van der Waals surface area contributed by atoms with E-state index in [0.29, 0.717) is 18.0 Å². The highest BCUT2D eigenvalue weighted by Crippen LogP contribution is 2.27. The summed E-state index contributed by atoms with van der Waals surface area (Å²) in [4.78, 5) is 0. The third kappa shape index (κ3) is 3.31. The molecule has 4 heteroatoms. The molecule has 0 spiro atoms. The Morgan fingerprint density at radius 3 is 2.33 bits per heavy atom. The van der Waals surface area contributed by atoms with Gasteiger partial charge < -0.3 is 10.5 Å². The maximum absolute atomic E-state index is 12.8. The van der Waals surface area contributed by atoms with Crippen LogP contribution in [0.15, 0.2) is 46.9 Å². The van der Waals surface area contributed by atoms with Crippen molar-refractivity contribution in [3.63, 3.8) is 0 Å². The quantitative estimate of drug-likeness (QED) is 0.930. The van der Waals surface area contributed by atoms with Gasteiger partial charge in [0, 0.05) is 4.47 Å². The molecule has 0 unspecified atom stereocenters. The maximum Gasteiger partial charge on any atom is 0.128 e. The van der Waals surface area contributed by atoms with E-state index >= 15 is 0 Å². The number of halogens is 2. The van der Waals surface area contributed by atoms with Crippen LogP contribution < -0.4 is 10.5 Å². The molecule has 0 atom stereocenters. The zero-order valence-electron chi connectivity index (χ0n) is 9.70. The lowest BCUT2D eigenvalue weighted by molar-refractivity contribution is 0.480. The van der Waals surface area contributed by atoms with E-state index in [1.165, 1.54) is 12.1 Å². The van der Waals surface area contributed by atoms with Gasteiger partial charge in [-0.15, -0.1) is 0 Å².